The summed E-state index contributed by atoms with van der Waals surface area (Å²) in [5.74, 6) is 0.391. The van der Waals surface area contributed by atoms with E-state index in [1.54, 1.807) is 18.2 Å². The Bertz CT molecular complexity index is 851. The number of thiophene rings is 1. The van der Waals surface area contributed by atoms with Crippen molar-refractivity contribution in [3.63, 3.8) is 0 Å². The van der Waals surface area contributed by atoms with Crippen LogP contribution in [0.3, 0.4) is 0 Å². The molecule has 3 rings (SSSR count). The molecule has 1 N–H and O–H groups in total. The molecule has 9 heteroatoms. The number of carbonyl (C=O) groups excluding carboxylic acids is 1. The van der Waals surface area contributed by atoms with Crippen LogP contribution in [0.25, 0.3) is 11.5 Å². The van der Waals surface area contributed by atoms with Crippen LogP contribution < -0.4 is 5.32 Å². The lowest BCUT2D eigenvalue weighted by Crippen LogP contribution is -2.24. The molecule has 2 heterocycles. The fourth-order valence-corrected chi connectivity index (χ4v) is 3.66. The van der Waals surface area contributed by atoms with Gasteiger partial charge < -0.3 is 9.73 Å². The Hall–Kier alpha value is -1.54. The minimum atomic E-state index is -0.123. The number of thioether (sulfide) groups is 1. The van der Waals surface area contributed by atoms with Gasteiger partial charge in [-0.05, 0) is 24.3 Å². The minimum absolute atomic E-state index is 0.123. The number of carbonyl (C=O) groups is 1. The Labute approximate surface area is 156 Å². The molecule has 0 saturated carbocycles. The maximum atomic E-state index is 11.9. The number of amides is 1. The van der Waals surface area contributed by atoms with Crippen molar-refractivity contribution < 1.29 is 9.21 Å². The van der Waals surface area contributed by atoms with Crippen LogP contribution in [0, 0.1) is 0 Å². The quantitative estimate of drug-likeness (QED) is 0.617. The monoisotopic (exact) mass is 399 g/mol. The highest BCUT2D eigenvalue weighted by Gasteiger charge is 2.13. The van der Waals surface area contributed by atoms with E-state index < -0.39 is 0 Å². The maximum Gasteiger partial charge on any atom is 0.277 e. The number of nitrogens with one attached hydrogen (secondary N) is 1. The van der Waals surface area contributed by atoms with Crippen molar-refractivity contribution in [1.82, 2.24) is 15.5 Å². The third-order valence-corrected chi connectivity index (χ3v) is 5.31. The van der Waals surface area contributed by atoms with E-state index in [1.807, 2.05) is 18.2 Å². The summed E-state index contributed by atoms with van der Waals surface area (Å²) < 4.78 is 6.23. The summed E-state index contributed by atoms with van der Waals surface area (Å²) >= 11 is 14.5. The van der Waals surface area contributed by atoms with Crippen LogP contribution in [0.4, 0.5) is 0 Å². The molecule has 0 atom stereocenters. The second-order valence-corrected chi connectivity index (χ2v) is 7.76. The molecule has 0 aliphatic heterocycles. The van der Waals surface area contributed by atoms with Crippen molar-refractivity contribution >= 4 is 52.2 Å². The Morgan fingerprint density at radius 1 is 1.21 bits per heavy atom. The lowest BCUT2D eigenvalue weighted by Gasteiger charge is -2.01. The van der Waals surface area contributed by atoms with Gasteiger partial charge in [0.25, 0.3) is 5.22 Å². The fourth-order valence-electron chi connectivity index (χ4n) is 1.82. The van der Waals surface area contributed by atoms with Crippen LogP contribution >= 0.6 is 46.3 Å². The first-order valence-electron chi connectivity index (χ1n) is 6.84. The second-order valence-electron chi connectivity index (χ2n) is 4.62. The Balaban J connectivity index is 1.52. The Kier molecular flexibility index (Phi) is 5.78. The molecular formula is C15H11Cl2N3O2S2. The molecular weight excluding hydrogens is 389 g/mol. The molecule has 0 spiro atoms. The number of nitrogens with zero attached hydrogens (tertiary/aromatic N) is 2. The normalized spacial score (nSPS) is 10.8. The van der Waals surface area contributed by atoms with Gasteiger partial charge in [-0.1, -0.05) is 47.1 Å². The number of rotatable bonds is 6. The van der Waals surface area contributed by atoms with Crippen LogP contribution in [0.15, 0.2) is 46.0 Å². The molecule has 124 valence electrons. The molecule has 1 aromatic carbocycles. The lowest BCUT2D eigenvalue weighted by atomic mass is 10.2. The van der Waals surface area contributed by atoms with Gasteiger partial charge in [0.15, 0.2) is 0 Å². The topological polar surface area (TPSA) is 68.0 Å². The maximum absolute atomic E-state index is 11.9. The van der Waals surface area contributed by atoms with Crippen molar-refractivity contribution in [1.29, 1.82) is 0 Å². The fraction of sp³-hybridized carbons (Fsp3) is 0.133. The molecule has 0 unspecified atom stereocenters. The lowest BCUT2D eigenvalue weighted by molar-refractivity contribution is -0.118. The summed E-state index contributed by atoms with van der Waals surface area (Å²) in [6.45, 7) is 0.450. The van der Waals surface area contributed by atoms with E-state index in [0.29, 0.717) is 32.6 Å². The van der Waals surface area contributed by atoms with E-state index in [2.05, 4.69) is 15.5 Å². The molecule has 0 aliphatic rings. The highest BCUT2D eigenvalue weighted by molar-refractivity contribution is 7.99. The number of halogens is 2. The highest BCUT2D eigenvalue weighted by atomic mass is 35.5. The second kappa shape index (κ2) is 8.02. The van der Waals surface area contributed by atoms with Crippen LogP contribution in [-0.2, 0) is 11.3 Å². The third-order valence-electron chi connectivity index (χ3n) is 2.93. The zero-order chi connectivity index (χ0) is 16.9. The summed E-state index contributed by atoms with van der Waals surface area (Å²) in [6, 6.07) is 10.9. The molecule has 0 aliphatic carbocycles. The highest BCUT2D eigenvalue weighted by Crippen LogP contribution is 2.28. The number of hydrogen-bond acceptors (Lipinski definition) is 6. The predicted octanol–water partition coefficient (Wildman–Crippen LogP) is 4.51. The van der Waals surface area contributed by atoms with Gasteiger partial charge in [-0.15, -0.1) is 21.5 Å². The third kappa shape index (κ3) is 4.51. The summed E-state index contributed by atoms with van der Waals surface area (Å²) in [5, 5.41) is 11.5. The van der Waals surface area contributed by atoms with Crippen LogP contribution in [0.2, 0.25) is 9.36 Å². The zero-order valence-corrected chi connectivity index (χ0v) is 15.3. The average molecular weight is 400 g/mol. The van der Waals surface area contributed by atoms with Crippen molar-refractivity contribution in [3.05, 3.63) is 50.6 Å². The molecule has 5 nitrogen and oxygen atoms in total. The predicted molar refractivity (Wildman–Crippen MR) is 96.6 cm³/mol. The van der Waals surface area contributed by atoms with Crippen molar-refractivity contribution in [3.8, 4) is 11.5 Å². The van der Waals surface area contributed by atoms with E-state index >= 15 is 0 Å². The van der Waals surface area contributed by atoms with Crippen molar-refractivity contribution in [2.45, 2.75) is 11.8 Å². The minimum Gasteiger partial charge on any atom is -0.411 e. The summed E-state index contributed by atoms with van der Waals surface area (Å²) in [5.41, 5.74) is 0.664. The van der Waals surface area contributed by atoms with Gasteiger partial charge in [0.05, 0.1) is 27.2 Å². The smallest absolute Gasteiger partial charge is 0.277 e. The van der Waals surface area contributed by atoms with Gasteiger partial charge in [-0.2, -0.15) is 0 Å². The van der Waals surface area contributed by atoms with Gasteiger partial charge in [0, 0.05) is 4.88 Å². The largest absolute Gasteiger partial charge is 0.411 e. The molecule has 24 heavy (non-hydrogen) atoms. The van der Waals surface area contributed by atoms with Crippen LogP contribution in [-0.4, -0.2) is 21.9 Å². The van der Waals surface area contributed by atoms with Gasteiger partial charge in [0.2, 0.25) is 11.8 Å². The Morgan fingerprint density at radius 3 is 2.79 bits per heavy atom. The summed E-state index contributed by atoms with van der Waals surface area (Å²) in [7, 11) is 0. The zero-order valence-electron chi connectivity index (χ0n) is 12.2. The first kappa shape index (κ1) is 17.3. The van der Waals surface area contributed by atoms with Gasteiger partial charge in [-0.25, -0.2) is 0 Å². The van der Waals surface area contributed by atoms with Gasteiger partial charge >= 0.3 is 0 Å². The number of hydrogen-bond donors (Lipinski definition) is 1. The Morgan fingerprint density at radius 2 is 2.04 bits per heavy atom. The molecule has 3 aromatic rings. The van der Waals surface area contributed by atoms with Crippen LogP contribution in [0.5, 0.6) is 0 Å². The first-order chi connectivity index (χ1) is 11.6. The van der Waals surface area contributed by atoms with E-state index in [4.69, 9.17) is 27.6 Å². The molecule has 0 fully saturated rings. The van der Waals surface area contributed by atoms with Crippen molar-refractivity contribution in [2.75, 3.05) is 5.75 Å². The molecule has 0 bridgehead atoms. The van der Waals surface area contributed by atoms with E-state index in [0.717, 1.165) is 4.88 Å². The van der Waals surface area contributed by atoms with E-state index in [1.165, 1.54) is 23.1 Å². The van der Waals surface area contributed by atoms with E-state index in [-0.39, 0.29) is 11.7 Å². The summed E-state index contributed by atoms with van der Waals surface area (Å²) in [6.07, 6.45) is 0. The standard InChI is InChI=1S/C15H11Cl2N3O2S2/c16-11-4-2-1-3-10(11)14-19-20-15(22-14)23-8-13(21)18-7-9-5-6-12(17)24-9/h1-6H,7-8H2,(H,18,21). The molecule has 0 saturated heterocycles. The van der Waals surface area contributed by atoms with E-state index in [9.17, 15) is 4.79 Å². The molecule has 0 radical (unpaired) electrons. The van der Waals surface area contributed by atoms with Gasteiger partial charge in [0.1, 0.15) is 0 Å². The number of aromatic nitrogens is 2. The molecule has 2 aromatic heterocycles. The number of benzene rings is 1. The average Bonchev–Trinajstić information content (AvgIpc) is 3.20. The summed E-state index contributed by atoms with van der Waals surface area (Å²) in [4.78, 5) is 12.9. The van der Waals surface area contributed by atoms with Crippen LogP contribution in [0.1, 0.15) is 4.88 Å². The van der Waals surface area contributed by atoms with Gasteiger partial charge in [-0.3, -0.25) is 4.79 Å². The SMILES string of the molecule is O=C(CSc1nnc(-c2ccccc2Cl)o1)NCc1ccc(Cl)s1. The first-order valence-corrected chi connectivity index (χ1v) is 9.40. The van der Waals surface area contributed by atoms with Crippen molar-refractivity contribution in [2.24, 2.45) is 0 Å². The molecule has 1 amide bonds.